The summed E-state index contributed by atoms with van der Waals surface area (Å²) >= 11 is 6.39. The van der Waals surface area contributed by atoms with Gasteiger partial charge in [0.2, 0.25) is 0 Å². The normalized spacial score (nSPS) is 15.7. The average Bonchev–Trinajstić information content (AvgIpc) is 3.26. The number of anilines is 1. The van der Waals surface area contributed by atoms with Crippen LogP contribution in [0.25, 0.3) is 23.1 Å². The van der Waals surface area contributed by atoms with Crippen LogP contribution in [0.5, 0.6) is 5.75 Å². The molecule has 5 rings (SSSR count). The minimum atomic E-state index is -4.74. The predicted octanol–water partition coefficient (Wildman–Crippen LogP) is 6.24. The van der Waals surface area contributed by atoms with Crippen molar-refractivity contribution >= 4 is 56.3 Å². The van der Waals surface area contributed by atoms with Crippen LogP contribution in [0, 0.1) is 0 Å². The maximum Gasteiger partial charge on any atom is 0.416 e. The molecule has 1 atom stereocenters. The van der Waals surface area contributed by atoms with Gasteiger partial charge in [0.15, 0.2) is 0 Å². The van der Waals surface area contributed by atoms with Gasteiger partial charge in [-0.25, -0.2) is 8.42 Å². The Morgan fingerprint density at radius 2 is 1.90 bits per heavy atom. The van der Waals surface area contributed by atoms with Crippen LogP contribution in [0.3, 0.4) is 0 Å². The number of hydrogen-bond donors (Lipinski definition) is 1. The smallest absolute Gasteiger partial charge is 0.416 e. The SMILES string of the molecule is Cn1nc(/C=C/c2ccc3c(c2)N(S(=O)(=O)c2cccc(C(F)(F)F)c2)C[C@H](CCC(=O)O)O3)c2c(Cl)cccc21. The molecular weight excluding hydrogens is 583 g/mol. The van der Waals surface area contributed by atoms with E-state index < -0.39 is 38.7 Å². The number of aromatic nitrogens is 2. The summed E-state index contributed by atoms with van der Waals surface area (Å²) in [6.45, 7) is -0.285. The number of carboxylic acid groups (broad SMARTS) is 1. The van der Waals surface area contributed by atoms with Crippen LogP contribution in [0.15, 0.2) is 65.6 Å². The maximum atomic E-state index is 13.7. The summed E-state index contributed by atoms with van der Waals surface area (Å²) in [6.07, 6.45) is -2.42. The minimum Gasteiger partial charge on any atom is -0.486 e. The average molecular weight is 606 g/mol. The van der Waals surface area contributed by atoms with Gasteiger partial charge in [0.05, 0.1) is 38.9 Å². The van der Waals surface area contributed by atoms with Crippen LogP contribution in [0.1, 0.15) is 29.7 Å². The summed E-state index contributed by atoms with van der Waals surface area (Å²) in [5, 5.41) is 14.9. The van der Waals surface area contributed by atoms with Crippen molar-refractivity contribution in [1.29, 1.82) is 0 Å². The molecule has 0 amide bonds. The largest absolute Gasteiger partial charge is 0.486 e. The monoisotopic (exact) mass is 605 g/mol. The number of ether oxygens (including phenoxy) is 1. The first-order chi connectivity index (χ1) is 19.3. The van der Waals surface area contributed by atoms with E-state index in [0.717, 1.165) is 33.4 Å². The van der Waals surface area contributed by atoms with E-state index >= 15 is 0 Å². The topological polar surface area (TPSA) is 102 Å². The third-order valence-corrected chi connectivity index (χ3v) is 8.72. The molecule has 2 heterocycles. The summed E-state index contributed by atoms with van der Waals surface area (Å²) in [4.78, 5) is 10.6. The van der Waals surface area contributed by atoms with Crippen LogP contribution in [-0.4, -0.2) is 41.9 Å². The first-order valence-electron chi connectivity index (χ1n) is 12.4. The maximum absolute atomic E-state index is 13.7. The number of aliphatic carboxylic acids is 1. The fraction of sp³-hybridized carbons (Fsp3) is 0.214. The Hall–Kier alpha value is -4.03. The summed E-state index contributed by atoms with van der Waals surface area (Å²) in [7, 11) is -2.71. The fourth-order valence-corrected chi connectivity index (χ4v) is 6.46. The molecule has 41 heavy (non-hydrogen) atoms. The van der Waals surface area contributed by atoms with Crippen LogP contribution < -0.4 is 9.04 Å². The standard InChI is InChI=1S/C28H23ClF3N3O5S/c1-34-23-7-3-6-21(29)27(23)22(33-34)11-8-17-9-12-25-24(14-17)35(16-19(40-25)10-13-26(36)37)41(38,39)20-5-2-4-18(15-20)28(30,31)32/h2-9,11-12,14-15,19H,10,13,16H2,1H3,(H,36,37)/b11-8+/t19-/m0/s1. The molecule has 0 saturated carbocycles. The lowest BCUT2D eigenvalue weighted by Crippen LogP contribution is -2.43. The molecule has 214 valence electrons. The number of carbonyl (C=O) groups is 1. The van der Waals surface area contributed by atoms with Crippen LogP contribution in [0.2, 0.25) is 5.02 Å². The van der Waals surface area contributed by atoms with E-state index in [0.29, 0.717) is 22.3 Å². The first kappa shape index (κ1) is 28.5. The molecule has 0 bridgehead atoms. The Morgan fingerprint density at radius 1 is 1.15 bits per heavy atom. The third kappa shape index (κ3) is 5.75. The van der Waals surface area contributed by atoms with Gasteiger partial charge in [-0.2, -0.15) is 18.3 Å². The Balaban J connectivity index is 1.55. The van der Waals surface area contributed by atoms with Crippen molar-refractivity contribution in [3.8, 4) is 5.75 Å². The molecule has 13 heteroatoms. The van der Waals surface area contributed by atoms with Crippen molar-refractivity contribution in [3.05, 3.63) is 82.5 Å². The van der Waals surface area contributed by atoms with Gasteiger partial charge < -0.3 is 9.84 Å². The minimum absolute atomic E-state index is 0.00144. The second kappa shape index (κ2) is 10.7. The molecule has 1 N–H and O–H groups in total. The van der Waals surface area contributed by atoms with E-state index in [1.54, 1.807) is 42.1 Å². The highest BCUT2D eigenvalue weighted by Gasteiger charge is 2.37. The molecule has 0 radical (unpaired) electrons. The summed E-state index contributed by atoms with van der Waals surface area (Å²) in [5.74, 6) is -0.931. The molecule has 4 aromatic rings. The molecule has 0 unspecified atom stereocenters. The second-order valence-electron chi connectivity index (χ2n) is 9.44. The number of hydrogen-bond acceptors (Lipinski definition) is 5. The summed E-state index contributed by atoms with van der Waals surface area (Å²) in [6, 6.07) is 13.7. The van der Waals surface area contributed by atoms with Crippen LogP contribution in [0.4, 0.5) is 18.9 Å². The zero-order valence-electron chi connectivity index (χ0n) is 21.5. The van der Waals surface area contributed by atoms with E-state index in [4.69, 9.17) is 21.4 Å². The molecule has 1 aliphatic heterocycles. The zero-order chi connectivity index (χ0) is 29.5. The van der Waals surface area contributed by atoms with Crippen molar-refractivity contribution in [3.63, 3.8) is 0 Å². The second-order valence-corrected chi connectivity index (χ2v) is 11.7. The number of carboxylic acids is 1. The van der Waals surface area contributed by atoms with Crippen molar-refractivity contribution in [2.45, 2.75) is 30.0 Å². The van der Waals surface area contributed by atoms with Gasteiger partial charge in [-0.15, -0.1) is 0 Å². The van der Waals surface area contributed by atoms with Crippen molar-refractivity contribution in [2.75, 3.05) is 10.8 Å². The first-order valence-corrected chi connectivity index (χ1v) is 14.2. The third-order valence-electron chi connectivity index (χ3n) is 6.63. The van der Waals surface area contributed by atoms with E-state index in [-0.39, 0.29) is 30.8 Å². The number of alkyl halides is 3. The van der Waals surface area contributed by atoms with Crippen molar-refractivity contribution in [2.24, 2.45) is 7.05 Å². The fourth-order valence-electron chi connectivity index (χ4n) is 4.65. The van der Waals surface area contributed by atoms with E-state index in [1.807, 2.05) is 12.1 Å². The van der Waals surface area contributed by atoms with Crippen molar-refractivity contribution in [1.82, 2.24) is 9.78 Å². The molecule has 3 aromatic carbocycles. The predicted molar refractivity (Wildman–Crippen MR) is 148 cm³/mol. The number of benzene rings is 3. The van der Waals surface area contributed by atoms with Gasteiger partial charge >= 0.3 is 12.1 Å². The summed E-state index contributed by atoms with van der Waals surface area (Å²) < 4.78 is 76.1. The van der Waals surface area contributed by atoms with Gasteiger partial charge in [-0.05, 0) is 60.5 Å². The number of rotatable bonds is 7. The summed E-state index contributed by atoms with van der Waals surface area (Å²) in [5.41, 5.74) is 0.977. The quantitative estimate of drug-likeness (QED) is 0.268. The Bertz CT molecular complexity index is 1790. The molecule has 0 saturated heterocycles. The highest BCUT2D eigenvalue weighted by atomic mass is 35.5. The highest BCUT2D eigenvalue weighted by Crippen LogP contribution is 2.40. The lowest BCUT2D eigenvalue weighted by Gasteiger charge is -2.35. The van der Waals surface area contributed by atoms with E-state index in [1.165, 1.54) is 6.07 Å². The lowest BCUT2D eigenvalue weighted by atomic mass is 10.1. The van der Waals surface area contributed by atoms with Gasteiger partial charge in [0.25, 0.3) is 10.0 Å². The number of aryl methyl sites for hydroxylation is 1. The number of halogens is 4. The molecule has 0 spiro atoms. The molecular formula is C28H23ClF3N3O5S. The van der Waals surface area contributed by atoms with Gasteiger partial charge in [0.1, 0.15) is 11.9 Å². The number of nitrogens with zero attached hydrogens (tertiary/aromatic N) is 3. The van der Waals surface area contributed by atoms with Crippen LogP contribution in [-0.2, 0) is 28.0 Å². The van der Waals surface area contributed by atoms with Crippen LogP contribution >= 0.6 is 11.6 Å². The zero-order valence-corrected chi connectivity index (χ0v) is 23.0. The van der Waals surface area contributed by atoms with E-state index in [2.05, 4.69) is 5.10 Å². The molecule has 8 nitrogen and oxygen atoms in total. The van der Waals surface area contributed by atoms with Crippen molar-refractivity contribution < 1.29 is 36.2 Å². The van der Waals surface area contributed by atoms with Gasteiger partial charge in [-0.1, -0.05) is 35.9 Å². The Morgan fingerprint density at radius 3 is 2.63 bits per heavy atom. The number of fused-ring (bicyclic) bond motifs is 2. The highest BCUT2D eigenvalue weighted by molar-refractivity contribution is 7.92. The molecule has 0 aliphatic carbocycles. The lowest BCUT2D eigenvalue weighted by molar-refractivity contribution is -0.138. The molecule has 1 aliphatic rings. The van der Waals surface area contributed by atoms with Gasteiger partial charge in [-0.3, -0.25) is 13.8 Å². The Labute approximate surface area is 238 Å². The van der Waals surface area contributed by atoms with Gasteiger partial charge in [0, 0.05) is 18.9 Å². The Kier molecular flexibility index (Phi) is 7.47. The molecule has 0 fully saturated rings. The molecule has 1 aromatic heterocycles. The van der Waals surface area contributed by atoms with E-state index in [9.17, 15) is 26.4 Å². The number of sulfonamides is 1.